The Labute approximate surface area is 105 Å². The molecule has 1 aromatic carbocycles. The van der Waals surface area contributed by atoms with Crippen molar-refractivity contribution in [3.05, 3.63) is 35.4 Å². The second-order valence-electron chi connectivity index (χ2n) is 5.51. The lowest BCUT2D eigenvalue weighted by Gasteiger charge is -2.39. The Morgan fingerprint density at radius 1 is 1.41 bits per heavy atom. The zero-order valence-electron chi connectivity index (χ0n) is 11.2. The Balaban J connectivity index is 2.07. The van der Waals surface area contributed by atoms with Gasteiger partial charge in [0.25, 0.3) is 0 Å². The summed E-state index contributed by atoms with van der Waals surface area (Å²) < 4.78 is 0. The van der Waals surface area contributed by atoms with Crippen molar-refractivity contribution >= 4 is 0 Å². The molecule has 1 heterocycles. The van der Waals surface area contributed by atoms with Crippen molar-refractivity contribution in [2.24, 2.45) is 11.7 Å². The van der Waals surface area contributed by atoms with Crippen LogP contribution in [0, 0.1) is 12.8 Å². The summed E-state index contributed by atoms with van der Waals surface area (Å²) in [4.78, 5) is 2.56. The van der Waals surface area contributed by atoms with Gasteiger partial charge in [0.15, 0.2) is 0 Å². The quantitative estimate of drug-likeness (QED) is 0.849. The number of hydrogen-bond acceptors (Lipinski definition) is 2. The molecule has 0 saturated carbocycles. The molecule has 0 radical (unpaired) electrons. The SMILES string of the molecule is Cc1cccc(C(C)N2CCC(N)C(C)C2)c1. The van der Waals surface area contributed by atoms with Crippen LogP contribution in [0.25, 0.3) is 0 Å². The minimum absolute atomic E-state index is 0.385. The Morgan fingerprint density at radius 2 is 2.18 bits per heavy atom. The summed E-state index contributed by atoms with van der Waals surface area (Å²) in [6, 6.07) is 9.73. The summed E-state index contributed by atoms with van der Waals surface area (Å²) in [6.07, 6.45) is 1.12. The Morgan fingerprint density at radius 3 is 2.82 bits per heavy atom. The molecule has 1 saturated heterocycles. The molecule has 17 heavy (non-hydrogen) atoms. The van der Waals surface area contributed by atoms with Crippen LogP contribution in [0.15, 0.2) is 24.3 Å². The van der Waals surface area contributed by atoms with E-state index in [4.69, 9.17) is 5.73 Å². The van der Waals surface area contributed by atoms with Crippen molar-refractivity contribution in [3.63, 3.8) is 0 Å². The predicted molar refractivity (Wildman–Crippen MR) is 72.9 cm³/mol. The molecule has 2 nitrogen and oxygen atoms in total. The first-order chi connectivity index (χ1) is 8.08. The van der Waals surface area contributed by atoms with Gasteiger partial charge >= 0.3 is 0 Å². The zero-order valence-corrected chi connectivity index (χ0v) is 11.2. The molecule has 1 fully saturated rings. The van der Waals surface area contributed by atoms with Gasteiger partial charge < -0.3 is 5.73 Å². The van der Waals surface area contributed by atoms with Gasteiger partial charge in [-0.05, 0) is 31.7 Å². The number of aryl methyl sites for hydroxylation is 1. The van der Waals surface area contributed by atoms with Crippen LogP contribution >= 0.6 is 0 Å². The van der Waals surface area contributed by atoms with Crippen LogP contribution in [0.1, 0.15) is 37.4 Å². The fourth-order valence-electron chi connectivity index (χ4n) is 2.69. The van der Waals surface area contributed by atoms with E-state index in [1.54, 1.807) is 0 Å². The van der Waals surface area contributed by atoms with E-state index in [0.29, 0.717) is 18.0 Å². The summed E-state index contributed by atoms with van der Waals surface area (Å²) in [5.74, 6) is 0.607. The molecular weight excluding hydrogens is 208 g/mol. The second kappa shape index (κ2) is 5.19. The normalized spacial score (nSPS) is 28.0. The highest BCUT2D eigenvalue weighted by Gasteiger charge is 2.26. The summed E-state index contributed by atoms with van der Waals surface area (Å²) in [5, 5.41) is 0. The van der Waals surface area contributed by atoms with Gasteiger partial charge in [-0.15, -0.1) is 0 Å². The summed E-state index contributed by atoms with van der Waals surface area (Å²) in [6.45, 7) is 8.97. The molecule has 1 aliphatic rings. The van der Waals surface area contributed by atoms with E-state index in [1.165, 1.54) is 11.1 Å². The molecule has 1 aromatic rings. The van der Waals surface area contributed by atoms with Crippen LogP contribution in [0.5, 0.6) is 0 Å². The lowest BCUT2D eigenvalue weighted by atomic mass is 9.92. The van der Waals surface area contributed by atoms with Crippen molar-refractivity contribution in [2.45, 2.75) is 39.3 Å². The molecule has 0 aromatic heterocycles. The predicted octanol–water partition coefficient (Wildman–Crippen LogP) is 2.73. The van der Waals surface area contributed by atoms with E-state index < -0.39 is 0 Å². The molecule has 1 aliphatic heterocycles. The molecule has 0 bridgehead atoms. The topological polar surface area (TPSA) is 29.3 Å². The molecule has 94 valence electrons. The zero-order chi connectivity index (χ0) is 12.4. The highest BCUT2D eigenvalue weighted by atomic mass is 15.2. The number of benzene rings is 1. The van der Waals surface area contributed by atoms with Crippen LogP contribution in [-0.4, -0.2) is 24.0 Å². The van der Waals surface area contributed by atoms with Gasteiger partial charge in [-0.2, -0.15) is 0 Å². The van der Waals surface area contributed by atoms with Gasteiger partial charge in [0.2, 0.25) is 0 Å². The van der Waals surface area contributed by atoms with E-state index in [-0.39, 0.29) is 0 Å². The molecule has 2 N–H and O–H groups in total. The fourth-order valence-corrected chi connectivity index (χ4v) is 2.69. The third-order valence-corrected chi connectivity index (χ3v) is 4.08. The van der Waals surface area contributed by atoms with Crippen LogP contribution in [0.3, 0.4) is 0 Å². The summed E-state index contributed by atoms with van der Waals surface area (Å²) >= 11 is 0. The minimum Gasteiger partial charge on any atom is -0.327 e. The number of likely N-dealkylation sites (tertiary alicyclic amines) is 1. The van der Waals surface area contributed by atoms with Gasteiger partial charge in [-0.1, -0.05) is 36.8 Å². The van der Waals surface area contributed by atoms with Crippen molar-refractivity contribution in [2.75, 3.05) is 13.1 Å². The molecule has 0 amide bonds. The van der Waals surface area contributed by atoms with E-state index in [0.717, 1.165) is 19.5 Å². The molecule has 0 spiro atoms. The largest absolute Gasteiger partial charge is 0.327 e. The number of rotatable bonds is 2. The number of hydrogen-bond donors (Lipinski definition) is 1. The molecule has 2 heteroatoms. The monoisotopic (exact) mass is 232 g/mol. The van der Waals surface area contributed by atoms with E-state index in [1.807, 2.05) is 0 Å². The van der Waals surface area contributed by atoms with Crippen molar-refractivity contribution in [1.82, 2.24) is 4.90 Å². The number of nitrogens with two attached hydrogens (primary N) is 1. The fraction of sp³-hybridized carbons (Fsp3) is 0.600. The first kappa shape index (κ1) is 12.6. The third kappa shape index (κ3) is 2.88. The van der Waals surface area contributed by atoms with Gasteiger partial charge in [-0.3, -0.25) is 4.90 Å². The smallest absolute Gasteiger partial charge is 0.0320 e. The standard InChI is InChI=1S/C15H24N2/c1-11-5-4-6-14(9-11)13(3)17-8-7-15(16)12(2)10-17/h4-6,9,12-13,15H,7-8,10,16H2,1-3H3. The average Bonchev–Trinajstić information content (AvgIpc) is 2.32. The highest BCUT2D eigenvalue weighted by Crippen LogP contribution is 2.26. The lowest BCUT2D eigenvalue weighted by molar-refractivity contribution is 0.124. The van der Waals surface area contributed by atoms with E-state index >= 15 is 0 Å². The Hall–Kier alpha value is -0.860. The van der Waals surface area contributed by atoms with Gasteiger partial charge in [0, 0.05) is 25.2 Å². The number of nitrogens with zero attached hydrogens (tertiary/aromatic N) is 1. The summed E-state index contributed by atoms with van der Waals surface area (Å²) in [5.41, 5.74) is 8.84. The van der Waals surface area contributed by atoms with Gasteiger partial charge in [0.05, 0.1) is 0 Å². The maximum Gasteiger partial charge on any atom is 0.0320 e. The van der Waals surface area contributed by atoms with Crippen molar-refractivity contribution in [3.8, 4) is 0 Å². The van der Waals surface area contributed by atoms with Crippen LogP contribution in [0.4, 0.5) is 0 Å². The second-order valence-corrected chi connectivity index (χ2v) is 5.51. The Bertz CT molecular complexity index is 375. The van der Waals surface area contributed by atoms with E-state index in [2.05, 4.69) is 49.9 Å². The average molecular weight is 232 g/mol. The molecule has 3 atom stereocenters. The van der Waals surface area contributed by atoms with Gasteiger partial charge in [-0.25, -0.2) is 0 Å². The maximum atomic E-state index is 6.08. The van der Waals surface area contributed by atoms with Gasteiger partial charge in [0.1, 0.15) is 0 Å². The molecule has 0 aliphatic carbocycles. The highest BCUT2D eigenvalue weighted by molar-refractivity contribution is 5.24. The third-order valence-electron chi connectivity index (χ3n) is 4.08. The van der Waals surface area contributed by atoms with Crippen LogP contribution < -0.4 is 5.73 Å². The Kier molecular flexibility index (Phi) is 3.85. The first-order valence-corrected chi connectivity index (χ1v) is 6.64. The summed E-state index contributed by atoms with van der Waals surface area (Å²) in [7, 11) is 0. The molecular formula is C15H24N2. The lowest BCUT2D eigenvalue weighted by Crippen LogP contribution is -2.46. The van der Waals surface area contributed by atoms with Crippen LogP contribution in [-0.2, 0) is 0 Å². The van der Waals surface area contributed by atoms with Crippen molar-refractivity contribution in [1.29, 1.82) is 0 Å². The first-order valence-electron chi connectivity index (χ1n) is 6.64. The maximum absolute atomic E-state index is 6.08. The van der Waals surface area contributed by atoms with Crippen LogP contribution in [0.2, 0.25) is 0 Å². The number of piperidine rings is 1. The molecule has 2 rings (SSSR count). The van der Waals surface area contributed by atoms with Crippen molar-refractivity contribution < 1.29 is 0 Å². The molecule has 3 unspecified atom stereocenters. The van der Waals surface area contributed by atoms with E-state index in [9.17, 15) is 0 Å². The minimum atomic E-state index is 0.385.